The smallest absolute Gasteiger partial charge is 0.335 e. The Morgan fingerprint density at radius 1 is 1.29 bits per heavy atom. The lowest BCUT2D eigenvalue weighted by atomic mass is 9.81. The predicted molar refractivity (Wildman–Crippen MR) is 79.4 cm³/mol. The molecule has 114 valence electrons. The molecule has 2 rings (SSSR count). The summed E-state index contributed by atoms with van der Waals surface area (Å²) in [4.78, 5) is 22.9. The van der Waals surface area contributed by atoms with Crippen molar-refractivity contribution in [3.8, 4) is 0 Å². The summed E-state index contributed by atoms with van der Waals surface area (Å²) in [5.41, 5.74) is 2.10. The van der Waals surface area contributed by atoms with Gasteiger partial charge in [0, 0.05) is 6.42 Å². The van der Waals surface area contributed by atoms with Crippen molar-refractivity contribution in [3.63, 3.8) is 0 Å². The van der Waals surface area contributed by atoms with Crippen LogP contribution in [0.2, 0.25) is 0 Å². The lowest BCUT2D eigenvalue weighted by Crippen LogP contribution is -2.26. The van der Waals surface area contributed by atoms with Gasteiger partial charge in [-0.15, -0.1) is 0 Å². The zero-order chi connectivity index (χ0) is 15.6. The SMILES string of the molecule is CC(C)(C)OC(=O)CC1CCc2ccc(C(=O)O)cc2C1. The second-order valence-corrected chi connectivity index (χ2v) is 6.69. The van der Waals surface area contributed by atoms with E-state index in [1.807, 2.05) is 26.8 Å². The molecule has 1 unspecified atom stereocenters. The minimum atomic E-state index is -0.910. The van der Waals surface area contributed by atoms with E-state index in [-0.39, 0.29) is 11.9 Å². The summed E-state index contributed by atoms with van der Waals surface area (Å²) >= 11 is 0. The van der Waals surface area contributed by atoms with Crippen LogP contribution in [0.15, 0.2) is 18.2 Å². The van der Waals surface area contributed by atoms with Crippen molar-refractivity contribution in [3.05, 3.63) is 34.9 Å². The van der Waals surface area contributed by atoms with Gasteiger partial charge in [0.2, 0.25) is 0 Å². The highest BCUT2D eigenvalue weighted by Gasteiger charge is 2.24. The van der Waals surface area contributed by atoms with Gasteiger partial charge in [-0.3, -0.25) is 4.79 Å². The van der Waals surface area contributed by atoms with E-state index in [9.17, 15) is 9.59 Å². The topological polar surface area (TPSA) is 63.6 Å². The Morgan fingerprint density at radius 3 is 2.62 bits per heavy atom. The molecular weight excluding hydrogens is 268 g/mol. The quantitative estimate of drug-likeness (QED) is 0.868. The van der Waals surface area contributed by atoms with Crippen LogP contribution in [0.4, 0.5) is 0 Å². The lowest BCUT2D eigenvalue weighted by Gasteiger charge is -2.26. The van der Waals surface area contributed by atoms with Crippen LogP contribution >= 0.6 is 0 Å². The molecule has 0 radical (unpaired) electrons. The Balaban J connectivity index is 2.03. The first-order chi connectivity index (χ1) is 9.74. The third kappa shape index (κ3) is 4.31. The maximum atomic E-state index is 11.9. The number of carboxylic acids is 1. The van der Waals surface area contributed by atoms with E-state index in [0.717, 1.165) is 24.8 Å². The monoisotopic (exact) mass is 290 g/mol. The Hall–Kier alpha value is -1.84. The number of fused-ring (bicyclic) bond motifs is 1. The van der Waals surface area contributed by atoms with Crippen molar-refractivity contribution < 1.29 is 19.4 Å². The molecule has 4 nitrogen and oxygen atoms in total. The first kappa shape index (κ1) is 15.5. The molecule has 0 aliphatic heterocycles. The van der Waals surface area contributed by atoms with Crippen LogP contribution < -0.4 is 0 Å². The normalized spacial score (nSPS) is 18.0. The second-order valence-electron chi connectivity index (χ2n) is 6.69. The fraction of sp³-hybridized carbons (Fsp3) is 0.529. The van der Waals surface area contributed by atoms with E-state index in [4.69, 9.17) is 9.84 Å². The van der Waals surface area contributed by atoms with Gasteiger partial charge in [-0.25, -0.2) is 4.79 Å². The second kappa shape index (κ2) is 5.88. The minimum Gasteiger partial charge on any atom is -0.478 e. The van der Waals surface area contributed by atoms with E-state index < -0.39 is 11.6 Å². The highest BCUT2D eigenvalue weighted by atomic mass is 16.6. The van der Waals surface area contributed by atoms with Crippen molar-refractivity contribution >= 4 is 11.9 Å². The van der Waals surface area contributed by atoms with E-state index in [0.29, 0.717) is 12.0 Å². The third-order valence-corrected chi connectivity index (χ3v) is 3.66. The van der Waals surface area contributed by atoms with Gasteiger partial charge >= 0.3 is 11.9 Å². The molecule has 1 N–H and O–H groups in total. The molecule has 1 aliphatic carbocycles. The molecule has 0 heterocycles. The number of rotatable bonds is 3. The number of hydrogen-bond donors (Lipinski definition) is 1. The Kier molecular flexibility index (Phi) is 4.35. The van der Waals surface area contributed by atoms with Crippen molar-refractivity contribution in [1.82, 2.24) is 0 Å². The van der Waals surface area contributed by atoms with E-state index >= 15 is 0 Å². The number of carbonyl (C=O) groups excluding carboxylic acids is 1. The van der Waals surface area contributed by atoms with Gasteiger partial charge in [0.1, 0.15) is 5.60 Å². The van der Waals surface area contributed by atoms with E-state index in [1.165, 1.54) is 5.56 Å². The number of aromatic carboxylic acids is 1. The summed E-state index contributed by atoms with van der Waals surface area (Å²) in [5.74, 6) is -0.853. The molecule has 0 saturated heterocycles. The summed E-state index contributed by atoms with van der Waals surface area (Å²) in [5, 5.41) is 9.05. The maximum absolute atomic E-state index is 11.9. The molecule has 0 fully saturated rings. The number of carboxylic acid groups (broad SMARTS) is 1. The average Bonchev–Trinajstić information content (AvgIpc) is 2.35. The number of hydrogen-bond acceptors (Lipinski definition) is 3. The first-order valence-corrected chi connectivity index (χ1v) is 7.31. The highest BCUT2D eigenvalue weighted by Crippen LogP contribution is 2.29. The summed E-state index contributed by atoms with van der Waals surface area (Å²) in [7, 11) is 0. The molecule has 21 heavy (non-hydrogen) atoms. The predicted octanol–water partition coefficient (Wildman–Crippen LogP) is 3.22. The van der Waals surface area contributed by atoms with Crippen LogP contribution in [0.3, 0.4) is 0 Å². The van der Waals surface area contributed by atoms with Crippen LogP contribution in [0, 0.1) is 5.92 Å². The molecule has 1 aliphatic rings. The molecule has 0 spiro atoms. The van der Waals surface area contributed by atoms with Gasteiger partial charge in [0.05, 0.1) is 5.56 Å². The van der Waals surface area contributed by atoms with Crippen LogP contribution in [0.1, 0.15) is 55.1 Å². The molecular formula is C17H22O4. The van der Waals surface area contributed by atoms with Crippen LogP contribution in [0.25, 0.3) is 0 Å². The largest absolute Gasteiger partial charge is 0.478 e. The van der Waals surface area contributed by atoms with Gasteiger partial charge in [0.25, 0.3) is 0 Å². The Bertz CT molecular complexity index is 554. The number of esters is 1. The van der Waals surface area contributed by atoms with Gasteiger partial charge in [0.15, 0.2) is 0 Å². The fourth-order valence-electron chi connectivity index (χ4n) is 2.76. The zero-order valence-electron chi connectivity index (χ0n) is 12.8. The van der Waals surface area contributed by atoms with Crippen molar-refractivity contribution in [2.24, 2.45) is 5.92 Å². The molecule has 1 aromatic rings. The van der Waals surface area contributed by atoms with E-state index in [2.05, 4.69) is 0 Å². The van der Waals surface area contributed by atoms with Crippen molar-refractivity contribution in [1.29, 1.82) is 0 Å². The van der Waals surface area contributed by atoms with Gasteiger partial charge in [-0.2, -0.15) is 0 Å². The lowest BCUT2D eigenvalue weighted by molar-refractivity contribution is -0.156. The highest BCUT2D eigenvalue weighted by molar-refractivity contribution is 5.88. The van der Waals surface area contributed by atoms with Gasteiger partial charge in [-0.05, 0) is 69.2 Å². The van der Waals surface area contributed by atoms with Gasteiger partial charge < -0.3 is 9.84 Å². The molecule has 0 bridgehead atoms. The first-order valence-electron chi connectivity index (χ1n) is 7.31. The standard InChI is InChI=1S/C17H22O4/c1-17(2,3)21-15(18)9-11-4-5-12-6-7-13(16(19)20)10-14(12)8-11/h6-7,10-11H,4-5,8-9H2,1-3H3,(H,19,20). The van der Waals surface area contributed by atoms with Gasteiger partial charge in [-0.1, -0.05) is 6.07 Å². The number of carbonyl (C=O) groups is 2. The Morgan fingerprint density at radius 2 is 2.00 bits per heavy atom. The summed E-state index contributed by atoms with van der Waals surface area (Å²) in [6.45, 7) is 5.58. The number of aryl methyl sites for hydroxylation is 1. The molecule has 0 saturated carbocycles. The summed E-state index contributed by atoms with van der Waals surface area (Å²) in [6.07, 6.45) is 2.98. The minimum absolute atomic E-state index is 0.176. The fourth-order valence-corrected chi connectivity index (χ4v) is 2.76. The Labute approximate surface area is 125 Å². The maximum Gasteiger partial charge on any atom is 0.335 e. The van der Waals surface area contributed by atoms with Crippen molar-refractivity contribution in [2.45, 2.75) is 52.1 Å². The van der Waals surface area contributed by atoms with Crippen LogP contribution in [-0.2, 0) is 22.4 Å². The van der Waals surface area contributed by atoms with Crippen LogP contribution in [-0.4, -0.2) is 22.6 Å². The zero-order valence-corrected chi connectivity index (χ0v) is 12.8. The number of ether oxygens (including phenoxy) is 1. The van der Waals surface area contributed by atoms with Crippen molar-refractivity contribution in [2.75, 3.05) is 0 Å². The molecule has 0 aromatic heterocycles. The van der Waals surface area contributed by atoms with Crippen LogP contribution in [0.5, 0.6) is 0 Å². The molecule has 4 heteroatoms. The molecule has 1 atom stereocenters. The summed E-state index contributed by atoms with van der Waals surface area (Å²) in [6, 6.07) is 5.27. The molecule has 0 amide bonds. The molecule has 1 aromatic carbocycles. The van der Waals surface area contributed by atoms with E-state index in [1.54, 1.807) is 12.1 Å². The third-order valence-electron chi connectivity index (χ3n) is 3.66. The average molecular weight is 290 g/mol. The summed E-state index contributed by atoms with van der Waals surface area (Å²) < 4.78 is 5.36. The number of benzene rings is 1.